The average Bonchev–Trinajstić information content (AvgIpc) is 2.78. The van der Waals surface area contributed by atoms with Crippen molar-refractivity contribution in [2.24, 2.45) is 0 Å². The van der Waals surface area contributed by atoms with Crippen molar-refractivity contribution in [2.75, 3.05) is 13.7 Å². The number of furan rings is 1. The molecule has 2 N–H and O–H groups in total. The molecule has 1 amide bonds. The molecule has 2 aromatic rings. The number of ether oxygens (including phenoxy) is 1. The zero-order valence-corrected chi connectivity index (χ0v) is 12.1. The van der Waals surface area contributed by atoms with Gasteiger partial charge in [0.05, 0.1) is 6.54 Å². The highest BCUT2D eigenvalue weighted by atomic mass is 16.5. The van der Waals surface area contributed by atoms with Gasteiger partial charge in [-0.3, -0.25) is 4.79 Å². The molecule has 0 radical (unpaired) electrons. The number of rotatable bonds is 5. The number of amides is 1. The van der Waals surface area contributed by atoms with E-state index in [1.54, 1.807) is 6.92 Å². The third-order valence-corrected chi connectivity index (χ3v) is 3.37. The van der Waals surface area contributed by atoms with Crippen LogP contribution >= 0.6 is 0 Å². The fourth-order valence-corrected chi connectivity index (χ4v) is 2.14. The Morgan fingerprint density at radius 1 is 1.38 bits per heavy atom. The molecule has 0 fully saturated rings. The number of aliphatic carboxylic acids is 1. The number of aryl methyl sites for hydroxylation is 2. The summed E-state index contributed by atoms with van der Waals surface area (Å²) in [4.78, 5) is 23.0. The fourth-order valence-electron chi connectivity index (χ4n) is 2.14. The topological polar surface area (TPSA) is 88.8 Å². The smallest absolute Gasteiger partial charge is 0.334 e. The Bertz CT molecular complexity index is 689. The summed E-state index contributed by atoms with van der Waals surface area (Å²) in [7, 11) is 1.28. The van der Waals surface area contributed by atoms with Crippen molar-refractivity contribution in [3.8, 4) is 0 Å². The number of hydrogen-bond donors (Lipinski definition) is 2. The largest absolute Gasteiger partial charge is 0.479 e. The molecule has 6 heteroatoms. The van der Waals surface area contributed by atoms with Crippen LogP contribution in [0.3, 0.4) is 0 Å². The molecular formula is C15H17NO5. The molecule has 2 rings (SSSR count). The number of para-hydroxylation sites is 1. The molecule has 0 bridgehead atoms. The number of hydrogen-bond acceptors (Lipinski definition) is 4. The summed E-state index contributed by atoms with van der Waals surface area (Å²) in [5, 5.41) is 12.3. The number of methoxy groups -OCH3 is 1. The number of carboxylic acid groups (broad SMARTS) is 1. The summed E-state index contributed by atoms with van der Waals surface area (Å²) in [6, 6.07) is 5.68. The molecule has 0 aliphatic rings. The Morgan fingerprint density at radius 2 is 2.10 bits per heavy atom. The van der Waals surface area contributed by atoms with Gasteiger partial charge in [0.15, 0.2) is 11.9 Å². The zero-order valence-electron chi connectivity index (χ0n) is 12.1. The maximum atomic E-state index is 12.1. The van der Waals surface area contributed by atoms with E-state index in [4.69, 9.17) is 14.3 Å². The molecule has 21 heavy (non-hydrogen) atoms. The van der Waals surface area contributed by atoms with E-state index in [-0.39, 0.29) is 12.3 Å². The van der Waals surface area contributed by atoms with Crippen LogP contribution in [0.25, 0.3) is 11.0 Å². The summed E-state index contributed by atoms with van der Waals surface area (Å²) in [6.45, 7) is 3.57. The van der Waals surface area contributed by atoms with Crippen molar-refractivity contribution in [3.63, 3.8) is 0 Å². The number of carboxylic acids is 1. The van der Waals surface area contributed by atoms with E-state index in [1.807, 2.05) is 25.1 Å². The van der Waals surface area contributed by atoms with Crippen LogP contribution in [0.1, 0.15) is 21.7 Å². The minimum Gasteiger partial charge on any atom is -0.479 e. The van der Waals surface area contributed by atoms with Crippen molar-refractivity contribution in [3.05, 3.63) is 35.1 Å². The lowest BCUT2D eigenvalue weighted by atomic mass is 10.1. The van der Waals surface area contributed by atoms with E-state index in [0.29, 0.717) is 5.58 Å². The number of benzene rings is 1. The van der Waals surface area contributed by atoms with Crippen LogP contribution in [-0.2, 0) is 9.53 Å². The van der Waals surface area contributed by atoms with Crippen LogP contribution in [0.2, 0.25) is 0 Å². The Kier molecular flexibility index (Phi) is 4.28. The van der Waals surface area contributed by atoms with Gasteiger partial charge in [0, 0.05) is 18.1 Å². The molecule has 1 unspecified atom stereocenters. The second-order valence-corrected chi connectivity index (χ2v) is 4.78. The lowest BCUT2D eigenvalue weighted by Gasteiger charge is -2.10. The van der Waals surface area contributed by atoms with Gasteiger partial charge in [-0.25, -0.2) is 4.79 Å². The van der Waals surface area contributed by atoms with E-state index in [2.05, 4.69) is 5.32 Å². The van der Waals surface area contributed by atoms with E-state index in [0.717, 1.165) is 16.5 Å². The van der Waals surface area contributed by atoms with Gasteiger partial charge >= 0.3 is 5.97 Å². The standard InChI is InChI=1S/C15H17NO5/c1-8-5-4-6-10-9(2)13(21-12(8)10)14(17)16-7-11(20-3)15(18)19/h4-6,11H,7H2,1-3H3,(H,16,17)(H,18,19). The Labute approximate surface area is 121 Å². The summed E-state index contributed by atoms with van der Waals surface area (Å²) in [6.07, 6.45) is -1.08. The molecule has 0 spiro atoms. The van der Waals surface area contributed by atoms with Gasteiger partial charge in [0.2, 0.25) is 0 Å². The SMILES string of the molecule is COC(CNC(=O)c1oc2c(C)cccc2c1C)C(=O)O. The highest BCUT2D eigenvalue weighted by molar-refractivity contribution is 5.99. The molecule has 1 heterocycles. The van der Waals surface area contributed by atoms with Crippen LogP contribution < -0.4 is 5.32 Å². The van der Waals surface area contributed by atoms with Crippen molar-refractivity contribution >= 4 is 22.8 Å². The predicted molar refractivity (Wildman–Crippen MR) is 76.5 cm³/mol. The third kappa shape index (κ3) is 2.90. The Morgan fingerprint density at radius 3 is 2.67 bits per heavy atom. The molecular weight excluding hydrogens is 274 g/mol. The molecule has 1 aromatic heterocycles. The number of carbonyl (C=O) groups is 2. The Balaban J connectivity index is 2.22. The molecule has 0 aliphatic carbocycles. The Hall–Kier alpha value is -2.34. The van der Waals surface area contributed by atoms with Crippen molar-refractivity contribution < 1.29 is 23.8 Å². The maximum absolute atomic E-state index is 12.1. The molecule has 0 aliphatic heterocycles. The van der Waals surface area contributed by atoms with Gasteiger partial charge < -0.3 is 19.6 Å². The minimum atomic E-state index is -1.13. The zero-order chi connectivity index (χ0) is 15.6. The lowest BCUT2D eigenvalue weighted by molar-refractivity contribution is -0.148. The first-order valence-corrected chi connectivity index (χ1v) is 6.48. The van der Waals surface area contributed by atoms with Gasteiger partial charge in [-0.05, 0) is 19.4 Å². The summed E-state index contributed by atoms with van der Waals surface area (Å²) in [5.74, 6) is -1.39. The predicted octanol–water partition coefficient (Wildman–Crippen LogP) is 1.88. The van der Waals surface area contributed by atoms with Crippen molar-refractivity contribution in [2.45, 2.75) is 20.0 Å². The van der Waals surface area contributed by atoms with Crippen LogP contribution in [0.4, 0.5) is 0 Å². The number of nitrogens with one attached hydrogen (secondary N) is 1. The first kappa shape index (κ1) is 15.1. The number of carbonyl (C=O) groups excluding carboxylic acids is 1. The van der Waals surface area contributed by atoms with Gasteiger partial charge in [-0.15, -0.1) is 0 Å². The normalized spacial score (nSPS) is 12.3. The van der Waals surface area contributed by atoms with E-state index in [9.17, 15) is 9.59 Å². The van der Waals surface area contributed by atoms with E-state index in [1.165, 1.54) is 7.11 Å². The minimum absolute atomic E-state index is 0.125. The van der Waals surface area contributed by atoms with Crippen LogP contribution in [0.15, 0.2) is 22.6 Å². The van der Waals surface area contributed by atoms with Crippen LogP contribution in [0, 0.1) is 13.8 Å². The summed E-state index contributed by atoms with van der Waals surface area (Å²) in [5.41, 5.74) is 2.34. The van der Waals surface area contributed by atoms with E-state index >= 15 is 0 Å². The molecule has 6 nitrogen and oxygen atoms in total. The molecule has 0 saturated carbocycles. The van der Waals surface area contributed by atoms with Gasteiger partial charge in [-0.1, -0.05) is 18.2 Å². The van der Waals surface area contributed by atoms with Gasteiger partial charge in [0.25, 0.3) is 5.91 Å². The highest BCUT2D eigenvalue weighted by Gasteiger charge is 2.21. The second kappa shape index (κ2) is 5.97. The van der Waals surface area contributed by atoms with Crippen molar-refractivity contribution in [1.82, 2.24) is 5.32 Å². The molecule has 0 saturated heterocycles. The quantitative estimate of drug-likeness (QED) is 0.878. The highest BCUT2D eigenvalue weighted by Crippen LogP contribution is 2.27. The van der Waals surface area contributed by atoms with Crippen LogP contribution in [-0.4, -0.2) is 36.7 Å². The first-order valence-electron chi connectivity index (χ1n) is 6.48. The van der Waals surface area contributed by atoms with E-state index < -0.39 is 18.0 Å². The molecule has 1 aromatic carbocycles. The number of fused-ring (bicyclic) bond motifs is 1. The third-order valence-electron chi connectivity index (χ3n) is 3.37. The first-order chi connectivity index (χ1) is 9.95. The molecule has 112 valence electrons. The van der Waals surface area contributed by atoms with Crippen molar-refractivity contribution in [1.29, 1.82) is 0 Å². The lowest BCUT2D eigenvalue weighted by Crippen LogP contribution is -2.37. The van der Waals surface area contributed by atoms with Crippen LogP contribution in [0.5, 0.6) is 0 Å². The fraction of sp³-hybridized carbons (Fsp3) is 0.333. The molecule has 1 atom stereocenters. The average molecular weight is 291 g/mol. The van der Waals surface area contributed by atoms with Gasteiger partial charge in [0.1, 0.15) is 5.58 Å². The van der Waals surface area contributed by atoms with Gasteiger partial charge in [-0.2, -0.15) is 0 Å². The monoisotopic (exact) mass is 291 g/mol. The maximum Gasteiger partial charge on any atom is 0.334 e. The second-order valence-electron chi connectivity index (χ2n) is 4.78. The summed E-state index contributed by atoms with van der Waals surface area (Å²) >= 11 is 0. The summed E-state index contributed by atoms with van der Waals surface area (Å²) < 4.78 is 10.4.